The van der Waals surface area contributed by atoms with Crippen molar-refractivity contribution in [2.75, 3.05) is 18.5 Å². The highest BCUT2D eigenvalue weighted by Gasteiger charge is 2.21. The molecule has 146 valence electrons. The normalized spacial score (nSPS) is 15.4. The van der Waals surface area contributed by atoms with Crippen LogP contribution in [0.5, 0.6) is 11.5 Å². The van der Waals surface area contributed by atoms with Gasteiger partial charge in [0.25, 0.3) is 5.56 Å². The molecular formula is C20H16ClN5O3. The van der Waals surface area contributed by atoms with E-state index in [1.165, 1.54) is 6.20 Å². The third-order valence-electron chi connectivity index (χ3n) is 4.58. The Morgan fingerprint density at radius 1 is 1.17 bits per heavy atom. The van der Waals surface area contributed by atoms with E-state index < -0.39 is 5.56 Å². The molecule has 0 spiro atoms. The molecule has 0 aliphatic carbocycles. The lowest BCUT2D eigenvalue weighted by Gasteiger charge is -2.26. The molecule has 5 rings (SSSR count). The van der Waals surface area contributed by atoms with Gasteiger partial charge in [-0.2, -0.15) is 9.78 Å². The standard InChI is InChI=1S/C20H16ClN5O3/c21-18-15(22-9-12-11-28-16-7-3-4-8-17(16)29-12)10-23-26(19(18)27)20-24-13-5-1-2-6-14(13)25-20/h1-8,10,12,22H,9,11H2,(H,24,25)/t12-/m1/s1. The second-order valence-electron chi connectivity index (χ2n) is 6.55. The summed E-state index contributed by atoms with van der Waals surface area (Å²) >= 11 is 6.30. The number of para-hydroxylation sites is 4. The first-order valence-corrected chi connectivity index (χ1v) is 9.42. The average Bonchev–Trinajstić information content (AvgIpc) is 3.18. The first-order chi connectivity index (χ1) is 14.2. The van der Waals surface area contributed by atoms with Gasteiger partial charge < -0.3 is 19.8 Å². The molecule has 2 aromatic heterocycles. The second kappa shape index (κ2) is 7.14. The van der Waals surface area contributed by atoms with Gasteiger partial charge in [0, 0.05) is 0 Å². The van der Waals surface area contributed by atoms with Crippen molar-refractivity contribution in [2.45, 2.75) is 6.10 Å². The summed E-state index contributed by atoms with van der Waals surface area (Å²) in [6.45, 7) is 0.801. The highest BCUT2D eigenvalue weighted by Crippen LogP contribution is 2.31. The minimum Gasteiger partial charge on any atom is -0.486 e. The van der Waals surface area contributed by atoms with Crippen LogP contribution in [0.2, 0.25) is 5.02 Å². The van der Waals surface area contributed by atoms with Gasteiger partial charge in [-0.15, -0.1) is 0 Å². The van der Waals surface area contributed by atoms with Crippen LogP contribution >= 0.6 is 11.6 Å². The molecule has 0 bridgehead atoms. The minimum atomic E-state index is -0.470. The van der Waals surface area contributed by atoms with E-state index in [1.807, 2.05) is 48.5 Å². The molecule has 0 unspecified atom stereocenters. The van der Waals surface area contributed by atoms with Crippen LogP contribution in [0.1, 0.15) is 0 Å². The van der Waals surface area contributed by atoms with E-state index in [4.69, 9.17) is 21.1 Å². The maximum Gasteiger partial charge on any atom is 0.295 e. The Balaban J connectivity index is 1.34. The number of imidazole rings is 1. The smallest absolute Gasteiger partial charge is 0.295 e. The van der Waals surface area contributed by atoms with Crippen molar-refractivity contribution >= 4 is 28.3 Å². The number of aromatic nitrogens is 4. The lowest BCUT2D eigenvalue weighted by molar-refractivity contribution is 0.0997. The Labute approximate surface area is 170 Å². The fraction of sp³-hybridized carbons (Fsp3) is 0.150. The molecule has 9 heteroatoms. The number of hydrogen-bond acceptors (Lipinski definition) is 6. The van der Waals surface area contributed by atoms with Crippen LogP contribution in [0.4, 0.5) is 5.69 Å². The lowest BCUT2D eigenvalue weighted by Crippen LogP contribution is -2.35. The summed E-state index contributed by atoms with van der Waals surface area (Å²) in [6, 6.07) is 15.0. The molecule has 0 fully saturated rings. The molecule has 2 aromatic carbocycles. The fourth-order valence-electron chi connectivity index (χ4n) is 3.13. The van der Waals surface area contributed by atoms with Crippen molar-refractivity contribution in [3.05, 3.63) is 70.1 Å². The van der Waals surface area contributed by atoms with Crippen LogP contribution in [-0.2, 0) is 0 Å². The fourth-order valence-corrected chi connectivity index (χ4v) is 3.33. The molecule has 1 aliphatic rings. The largest absolute Gasteiger partial charge is 0.486 e. The van der Waals surface area contributed by atoms with E-state index in [0.29, 0.717) is 30.5 Å². The Morgan fingerprint density at radius 3 is 2.83 bits per heavy atom. The van der Waals surface area contributed by atoms with Crippen molar-refractivity contribution in [3.63, 3.8) is 0 Å². The number of rotatable bonds is 4. The molecule has 29 heavy (non-hydrogen) atoms. The number of benzene rings is 2. The summed E-state index contributed by atoms with van der Waals surface area (Å²) in [4.78, 5) is 20.1. The molecule has 0 saturated carbocycles. The third-order valence-corrected chi connectivity index (χ3v) is 4.95. The number of fused-ring (bicyclic) bond motifs is 2. The summed E-state index contributed by atoms with van der Waals surface area (Å²) in [6.07, 6.45) is 1.27. The zero-order chi connectivity index (χ0) is 19.8. The molecule has 2 N–H and O–H groups in total. The van der Waals surface area contributed by atoms with Gasteiger partial charge in [-0.3, -0.25) is 4.79 Å². The van der Waals surface area contributed by atoms with Gasteiger partial charge in [0.2, 0.25) is 5.95 Å². The van der Waals surface area contributed by atoms with Gasteiger partial charge in [0.1, 0.15) is 17.7 Å². The van der Waals surface area contributed by atoms with E-state index >= 15 is 0 Å². The highest BCUT2D eigenvalue weighted by atomic mass is 35.5. The third kappa shape index (κ3) is 3.27. The number of nitrogens with one attached hydrogen (secondary N) is 2. The maximum absolute atomic E-state index is 12.7. The van der Waals surface area contributed by atoms with Crippen molar-refractivity contribution < 1.29 is 9.47 Å². The monoisotopic (exact) mass is 409 g/mol. The number of halogens is 1. The summed E-state index contributed by atoms with van der Waals surface area (Å²) < 4.78 is 12.7. The van der Waals surface area contributed by atoms with Crippen molar-refractivity contribution in [3.8, 4) is 17.4 Å². The van der Waals surface area contributed by atoms with Crippen LogP contribution < -0.4 is 20.3 Å². The molecule has 0 radical (unpaired) electrons. The number of H-pyrrole nitrogens is 1. The molecule has 8 nitrogen and oxygen atoms in total. The molecule has 0 saturated heterocycles. The van der Waals surface area contributed by atoms with E-state index in [0.717, 1.165) is 21.5 Å². The van der Waals surface area contributed by atoms with Crippen molar-refractivity contribution in [2.24, 2.45) is 0 Å². The molecule has 0 amide bonds. The van der Waals surface area contributed by atoms with Gasteiger partial charge in [-0.1, -0.05) is 35.9 Å². The zero-order valence-electron chi connectivity index (χ0n) is 15.1. The zero-order valence-corrected chi connectivity index (χ0v) is 15.9. The first kappa shape index (κ1) is 17.6. The molecular weight excluding hydrogens is 394 g/mol. The number of nitrogens with zero attached hydrogens (tertiary/aromatic N) is 3. The first-order valence-electron chi connectivity index (χ1n) is 9.04. The van der Waals surface area contributed by atoms with E-state index in [1.54, 1.807) is 0 Å². The van der Waals surface area contributed by atoms with Gasteiger partial charge in [-0.25, -0.2) is 4.98 Å². The SMILES string of the molecule is O=c1c(Cl)c(NC[C@@H]2COc3ccccc3O2)cnn1-c1nc2ccccc2[nH]1. The average molecular weight is 410 g/mol. The van der Waals surface area contributed by atoms with Gasteiger partial charge >= 0.3 is 0 Å². The van der Waals surface area contributed by atoms with Gasteiger partial charge in [0.05, 0.1) is 29.5 Å². The van der Waals surface area contributed by atoms with Crippen molar-refractivity contribution in [1.82, 2.24) is 19.7 Å². The molecule has 1 atom stereocenters. The second-order valence-corrected chi connectivity index (χ2v) is 6.92. The van der Waals surface area contributed by atoms with E-state index in [9.17, 15) is 4.79 Å². The van der Waals surface area contributed by atoms with Gasteiger partial charge in [-0.05, 0) is 24.3 Å². The summed E-state index contributed by atoms with van der Waals surface area (Å²) in [5, 5.41) is 7.34. The highest BCUT2D eigenvalue weighted by molar-refractivity contribution is 6.32. The van der Waals surface area contributed by atoms with Crippen LogP contribution in [0.25, 0.3) is 17.0 Å². The van der Waals surface area contributed by atoms with Crippen LogP contribution in [0.15, 0.2) is 59.5 Å². The van der Waals surface area contributed by atoms with E-state index in [2.05, 4.69) is 20.4 Å². The maximum atomic E-state index is 12.7. The Kier molecular flexibility index (Phi) is 4.33. The van der Waals surface area contributed by atoms with E-state index in [-0.39, 0.29) is 11.1 Å². The predicted molar refractivity (Wildman–Crippen MR) is 109 cm³/mol. The Hall–Kier alpha value is -3.52. The predicted octanol–water partition coefficient (Wildman–Crippen LogP) is 3.01. The number of hydrogen-bond donors (Lipinski definition) is 2. The van der Waals surface area contributed by atoms with Crippen molar-refractivity contribution in [1.29, 1.82) is 0 Å². The molecule has 4 aromatic rings. The minimum absolute atomic E-state index is 0.0255. The number of ether oxygens (including phenoxy) is 2. The van der Waals surface area contributed by atoms with Crippen LogP contribution in [0.3, 0.4) is 0 Å². The molecule has 3 heterocycles. The van der Waals surface area contributed by atoms with Crippen LogP contribution in [0, 0.1) is 0 Å². The summed E-state index contributed by atoms with van der Waals surface area (Å²) in [7, 11) is 0. The van der Waals surface area contributed by atoms with Gasteiger partial charge in [0.15, 0.2) is 11.5 Å². The quantitative estimate of drug-likeness (QED) is 0.538. The Bertz CT molecular complexity index is 1220. The number of aromatic amines is 1. The topological polar surface area (TPSA) is 94.1 Å². The lowest BCUT2D eigenvalue weighted by atomic mass is 10.2. The number of anilines is 1. The van der Waals surface area contributed by atoms with Crippen LogP contribution in [-0.4, -0.2) is 39.0 Å². The summed E-state index contributed by atoms with van der Waals surface area (Å²) in [5.41, 5.74) is 1.50. The Morgan fingerprint density at radius 2 is 1.97 bits per heavy atom. The molecule has 1 aliphatic heterocycles. The summed E-state index contributed by atoms with van der Waals surface area (Å²) in [5.74, 6) is 1.72.